The molecule has 148 valence electrons. The maximum atomic E-state index is 5.37. The number of hydrogen-bond acceptors (Lipinski definition) is 5. The largest absolute Gasteiger partial charge is 0.493 e. The first-order chi connectivity index (χ1) is 13.1. The van der Waals surface area contributed by atoms with Crippen molar-refractivity contribution < 1.29 is 9.47 Å². The molecule has 1 aromatic carbocycles. The highest BCUT2D eigenvalue weighted by atomic mass is 79.9. The summed E-state index contributed by atoms with van der Waals surface area (Å²) in [6, 6.07) is 3.82. The van der Waals surface area contributed by atoms with Crippen molar-refractivity contribution in [3.63, 3.8) is 0 Å². The van der Waals surface area contributed by atoms with Crippen LogP contribution in [0.3, 0.4) is 0 Å². The van der Waals surface area contributed by atoms with E-state index in [0.29, 0.717) is 18.0 Å². The van der Waals surface area contributed by atoms with Crippen LogP contribution in [0.25, 0.3) is 0 Å². The van der Waals surface area contributed by atoms with Gasteiger partial charge in [0.15, 0.2) is 17.5 Å². The van der Waals surface area contributed by atoms with Gasteiger partial charge in [0.25, 0.3) is 0 Å². The number of benzene rings is 1. The second-order valence-corrected chi connectivity index (χ2v) is 6.57. The highest BCUT2D eigenvalue weighted by Crippen LogP contribution is 2.33. The fourth-order valence-corrected chi connectivity index (χ4v) is 3.01. The first-order valence-electron chi connectivity index (χ1n) is 8.92. The molecule has 0 saturated heterocycles. The standard InChI is InChI=1S/C18H27BrN6O2/c1-5-17-24-23-12-25(17)8-7-21-18(20-6-2)22-11-13-9-15(26-3)16(27-4)10-14(13)19/h9-10,12H,5-8,11H2,1-4H3,(H2,20,21,22). The average molecular weight is 439 g/mol. The third kappa shape index (κ3) is 5.85. The van der Waals surface area contributed by atoms with E-state index in [1.807, 2.05) is 23.6 Å². The van der Waals surface area contributed by atoms with E-state index in [-0.39, 0.29) is 0 Å². The van der Waals surface area contributed by atoms with Crippen LogP contribution in [0.1, 0.15) is 25.2 Å². The Kier molecular flexibility index (Phi) is 8.38. The van der Waals surface area contributed by atoms with Gasteiger partial charge in [0.2, 0.25) is 0 Å². The summed E-state index contributed by atoms with van der Waals surface area (Å²) >= 11 is 3.57. The molecular formula is C18H27BrN6O2. The Morgan fingerprint density at radius 3 is 2.59 bits per heavy atom. The Morgan fingerprint density at radius 2 is 1.93 bits per heavy atom. The number of methoxy groups -OCH3 is 2. The van der Waals surface area contributed by atoms with E-state index < -0.39 is 0 Å². The maximum absolute atomic E-state index is 5.37. The molecule has 0 radical (unpaired) electrons. The second kappa shape index (κ2) is 10.8. The number of guanidine groups is 1. The molecule has 1 aromatic heterocycles. The van der Waals surface area contributed by atoms with Crippen LogP contribution in [0, 0.1) is 0 Å². The quantitative estimate of drug-likeness (QED) is 0.461. The Morgan fingerprint density at radius 1 is 1.19 bits per heavy atom. The van der Waals surface area contributed by atoms with Crippen molar-refractivity contribution >= 4 is 21.9 Å². The van der Waals surface area contributed by atoms with Gasteiger partial charge < -0.3 is 24.7 Å². The predicted octanol–water partition coefficient (Wildman–Crippen LogP) is 2.38. The number of aryl methyl sites for hydroxylation is 1. The molecular weight excluding hydrogens is 412 g/mol. The highest BCUT2D eigenvalue weighted by molar-refractivity contribution is 9.10. The number of aromatic nitrogens is 3. The number of nitrogens with zero attached hydrogens (tertiary/aromatic N) is 4. The van der Waals surface area contributed by atoms with Crippen molar-refractivity contribution in [3.8, 4) is 11.5 Å². The van der Waals surface area contributed by atoms with Crippen molar-refractivity contribution in [2.75, 3.05) is 27.3 Å². The summed E-state index contributed by atoms with van der Waals surface area (Å²) in [5.74, 6) is 3.10. The predicted molar refractivity (Wildman–Crippen MR) is 109 cm³/mol. The van der Waals surface area contributed by atoms with E-state index in [4.69, 9.17) is 9.47 Å². The summed E-state index contributed by atoms with van der Waals surface area (Å²) in [4.78, 5) is 4.66. The van der Waals surface area contributed by atoms with Gasteiger partial charge in [0.1, 0.15) is 12.2 Å². The number of nitrogens with one attached hydrogen (secondary N) is 2. The number of aliphatic imine (C=N–C) groups is 1. The molecule has 2 rings (SSSR count). The Hall–Kier alpha value is -2.29. The molecule has 0 amide bonds. The third-order valence-electron chi connectivity index (χ3n) is 3.96. The fourth-order valence-electron chi connectivity index (χ4n) is 2.56. The molecule has 9 heteroatoms. The van der Waals surface area contributed by atoms with Crippen LogP contribution < -0.4 is 20.1 Å². The molecule has 0 spiro atoms. The highest BCUT2D eigenvalue weighted by Gasteiger charge is 2.10. The average Bonchev–Trinajstić information content (AvgIpc) is 3.14. The van der Waals surface area contributed by atoms with Crippen molar-refractivity contribution in [2.45, 2.75) is 33.4 Å². The smallest absolute Gasteiger partial charge is 0.191 e. The van der Waals surface area contributed by atoms with Crippen molar-refractivity contribution in [1.29, 1.82) is 0 Å². The first-order valence-corrected chi connectivity index (χ1v) is 9.71. The molecule has 27 heavy (non-hydrogen) atoms. The van der Waals surface area contributed by atoms with E-state index in [0.717, 1.165) is 47.9 Å². The topological polar surface area (TPSA) is 85.6 Å². The lowest BCUT2D eigenvalue weighted by Gasteiger charge is -2.13. The van der Waals surface area contributed by atoms with Gasteiger partial charge in [-0.15, -0.1) is 10.2 Å². The summed E-state index contributed by atoms with van der Waals surface area (Å²) < 4.78 is 13.7. The molecule has 0 aliphatic carbocycles. The summed E-state index contributed by atoms with van der Waals surface area (Å²) in [6.45, 7) is 6.90. The van der Waals surface area contributed by atoms with Gasteiger partial charge in [0, 0.05) is 30.5 Å². The summed E-state index contributed by atoms with van der Waals surface area (Å²) in [7, 11) is 3.25. The number of halogens is 1. The molecule has 0 saturated carbocycles. The van der Waals surface area contributed by atoms with E-state index >= 15 is 0 Å². The van der Waals surface area contributed by atoms with Crippen LogP contribution >= 0.6 is 15.9 Å². The van der Waals surface area contributed by atoms with Crippen LogP contribution in [0.2, 0.25) is 0 Å². The SMILES string of the molecule is CCNC(=NCc1cc(OC)c(OC)cc1Br)NCCn1cnnc1CC. The molecule has 2 aromatic rings. The zero-order valence-corrected chi connectivity index (χ0v) is 17.8. The first kappa shape index (κ1) is 21.0. The van der Waals surface area contributed by atoms with Gasteiger partial charge in [-0.1, -0.05) is 22.9 Å². The van der Waals surface area contributed by atoms with E-state index in [2.05, 4.69) is 48.7 Å². The van der Waals surface area contributed by atoms with Crippen molar-refractivity contribution in [1.82, 2.24) is 25.4 Å². The normalized spacial score (nSPS) is 11.4. The van der Waals surface area contributed by atoms with Gasteiger partial charge in [-0.25, -0.2) is 4.99 Å². The minimum absolute atomic E-state index is 0.503. The zero-order valence-electron chi connectivity index (χ0n) is 16.3. The molecule has 2 N–H and O–H groups in total. The number of hydrogen-bond donors (Lipinski definition) is 2. The summed E-state index contributed by atoms with van der Waals surface area (Å²) in [6.07, 6.45) is 2.62. The van der Waals surface area contributed by atoms with Crippen molar-refractivity contribution in [3.05, 3.63) is 34.3 Å². The van der Waals surface area contributed by atoms with E-state index in [9.17, 15) is 0 Å². The Balaban J connectivity index is 2.02. The van der Waals surface area contributed by atoms with Crippen LogP contribution in [-0.4, -0.2) is 48.0 Å². The molecule has 0 aliphatic heterocycles. The van der Waals surface area contributed by atoms with Gasteiger partial charge >= 0.3 is 0 Å². The van der Waals surface area contributed by atoms with Gasteiger partial charge in [-0.3, -0.25) is 0 Å². The molecule has 0 unspecified atom stereocenters. The van der Waals surface area contributed by atoms with E-state index in [1.165, 1.54) is 0 Å². The molecule has 0 aliphatic rings. The third-order valence-corrected chi connectivity index (χ3v) is 4.70. The zero-order chi connectivity index (χ0) is 19.6. The Labute approximate surface area is 168 Å². The lowest BCUT2D eigenvalue weighted by Crippen LogP contribution is -2.38. The van der Waals surface area contributed by atoms with Crippen LogP contribution in [0.5, 0.6) is 11.5 Å². The molecule has 1 heterocycles. The minimum atomic E-state index is 0.503. The fraction of sp³-hybridized carbons (Fsp3) is 0.500. The minimum Gasteiger partial charge on any atom is -0.493 e. The lowest BCUT2D eigenvalue weighted by atomic mass is 10.2. The van der Waals surface area contributed by atoms with Crippen LogP contribution in [0.4, 0.5) is 0 Å². The van der Waals surface area contributed by atoms with Gasteiger partial charge in [0.05, 0.1) is 20.8 Å². The number of ether oxygens (including phenoxy) is 2. The molecule has 0 atom stereocenters. The Bertz CT molecular complexity index is 762. The molecule has 0 bridgehead atoms. The number of rotatable bonds is 9. The van der Waals surface area contributed by atoms with E-state index in [1.54, 1.807) is 20.5 Å². The lowest BCUT2D eigenvalue weighted by molar-refractivity contribution is 0.354. The second-order valence-electron chi connectivity index (χ2n) is 5.71. The van der Waals surface area contributed by atoms with Crippen molar-refractivity contribution in [2.24, 2.45) is 4.99 Å². The van der Waals surface area contributed by atoms with Crippen LogP contribution in [0.15, 0.2) is 27.9 Å². The summed E-state index contributed by atoms with van der Waals surface area (Å²) in [5.41, 5.74) is 1.01. The summed E-state index contributed by atoms with van der Waals surface area (Å²) in [5, 5.41) is 14.7. The van der Waals surface area contributed by atoms with Crippen LogP contribution in [-0.2, 0) is 19.5 Å². The van der Waals surface area contributed by atoms with Gasteiger partial charge in [-0.2, -0.15) is 0 Å². The maximum Gasteiger partial charge on any atom is 0.191 e. The van der Waals surface area contributed by atoms with Gasteiger partial charge in [-0.05, 0) is 24.6 Å². The monoisotopic (exact) mass is 438 g/mol. The molecule has 8 nitrogen and oxygen atoms in total. The molecule has 0 fully saturated rings.